The fourth-order valence-corrected chi connectivity index (χ4v) is 1.33. The molecule has 0 heterocycles. The van der Waals surface area contributed by atoms with Crippen LogP contribution in [0.1, 0.15) is 20.8 Å². The molecule has 0 amide bonds. The third-order valence-corrected chi connectivity index (χ3v) is 2.41. The van der Waals surface area contributed by atoms with E-state index in [-0.39, 0.29) is 18.0 Å². The van der Waals surface area contributed by atoms with Crippen LogP contribution in [0.15, 0.2) is 24.3 Å². The topological polar surface area (TPSA) is 35.5 Å². The summed E-state index contributed by atoms with van der Waals surface area (Å²) < 4.78 is 10.6. The van der Waals surface area contributed by atoms with Gasteiger partial charge in [0.1, 0.15) is 18.5 Å². The van der Waals surface area contributed by atoms with Gasteiger partial charge in [0.15, 0.2) is 0 Å². The molecule has 1 aromatic carbocycles. The summed E-state index contributed by atoms with van der Waals surface area (Å²) in [6.07, 6.45) is -0.291. The summed E-state index contributed by atoms with van der Waals surface area (Å²) in [4.78, 5) is 11.3. The van der Waals surface area contributed by atoms with E-state index in [0.717, 1.165) is 0 Å². The van der Waals surface area contributed by atoms with E-state index in [4.69, 9.17) is 21.1 Å². The van der Waals surface area contributed by atoms with Crippen LogP contribution in [-0.4, -0.2) is 18.7 Å². The lowest BCUT2D eigenvalue weighted by molar-refractivity contribution is -0.153. The number of carbonyl (C=O) groups excluding carboxylic acids is 1. The molecule has 1 rings (SSSR count). The molecule has 0 aliphatic carbocycles. The van der Waals surface area contributed by atoms with Gasteiger partial charge in [0.2, 0.25) is 0 Å². The fourth-order valence-electron chi connectivity index (χ4n) is 1.14. The first-order valence-electron chi connectivity index (χ1n) is 5.58. The third kappa shape index (κ3) is 4.65. The molecule has 0 fully saturated rings. The van der Waals surface area contributed by atoms with E-state index in [1.165, 1.54) is 0 Å². The number of esters is 1. The smallest absolute Gasteiger partial charge is 0.308 e. The van der Waals surface area contributed by atoms with E-state index < -0.39 is 0 Å². The summed E-state index contributed by atoms with van der Waals surface area (Å²) in [7, 11) is 0. The van der Waals surface area contributed by atoms with Crippen LogP contribution in [0.2, 0.25) is 5.02 Å². The van der Waals surface area contributed by atoms with Gasteiger partial charge in [-0.3, -0.25) is 4.79 Å². The molecule has 4 heteroatoms. The van der Waals surface area contributed by atoms with Gasteiger partial charge in [0.25, 0.3) is 0 Å². The average Bonchev–Trinajstić information content (AvgIpc) is 2.27. The van der Waals surface area contributed by atoms with E-state index in [2.05, 4.69) is 0 Å². The minimum absolute atomic E-state index is 0.127. The molecule has 0 aliphatic rings. The van der Waals surface area contributed by atoms with E-state index in [1.807, 2.05) is 12.1 Å². The van der Waals surface area contributed by atoms with Gasteiger partial charge < -0.3 is 9.47 Å². The van der Waals surface area contributed by atoms with Gasteiger partial charge in [-0.2, -0.15) is 0 Å². The minimum Gasteiger partial charge on any atom is -0.488 e. The SMILES string of the molecule is CC(COc1ccccc1Cl)OC(=O)C(C)C. The van der Waals surface area contributed by atoms with Crippen LogP contribution in [0.5, 0.6) is 5.75 Å². The average molecular weight is 257 g/mol. The predicted molar refractivity (Wildman–Crippen MR) is 67.3 cm³/mol. The number of hydrogen-bond donors (Lipinski definition) is 0. The van der Waals surface area contributed by atoms with Crippen molar-refractivity contribution in [3.8, 4) is 5.75 Å². The molecule has 0 N–H and O–H groups in total. The monoisotopic (exact) mass is 256 g/mol. The Balaban J connectivity index is 2.41. The molecule has 3 nitrogen and oxygen atoms in total. The van der Waals surface area contributed by atoms with E-state index in [1.54, 1.807) is 32.9 Å². The van der Waals surface area contributed by atoms with Crippen LogP contribution in [-0.2, 0) is 9.53 Å². The molecule has 94 valence electrons. The van der Waals surface area contributed by atoms with Crippen LogP contribution in [0.25, 0.3) is 0 Å². The van der Waals surface area contributed by atoms with Gasteiger partial charge in [-0.15, -0.1) is 0 Å². The quantitative estimate of drug-likeness (QED) is 0.759. The zero-order valence-corrected chi connectivity index (χ0v) is 11.0. The van der Waals surface area contributed by atoms with Crippen LogP contribution in [0.3, 0.4) is 0 Å². The Labute approximate surface area is 107 Å². The maximum atomic E-state index is 11.3. The molecule has 0 saturated carbocycles. The molecule has 1 unspecified atom stereocenters. The van der Waals surface area contributed by atoms with Crippen molar-refractivity contribution < 1.29 is 14.3 Å². The zero-order valence-electron chi connectivity index (χ0n) is 10.3. The van der Waals surface area contributed by atoms with Crippen molar-refractivity contribution in [3.63, 3.8) is 0 Å². The first kappa shape index (κ1) is 13.8. The Morgan fingerprint density at radius 1 is 1.29 bits per heavy atom. The van der Waals surface area contributed by atoms with Crippen LogP contribution < -0.4 is 4.74 Å². The Bertz CT molecular complexity index is 377. The zero-order chi connectivity index (χ0) is 12.8. The summed E-state index contributed by atoms with van der Waals surface area (Å²) in [6.45, 7) is 5.67. The highest BCUT2D eigenvalue weighted by atomic mass is 35.5. The highest BCUT2D eigenvalue weighted by Gasteiger charge is 2.13. The lowest BCUT2D eigenvalue weighted by Gasteiger charge is -2.16. The minimum atomic E-state index is -0.291. The Morgan fingerprint density at radius 3 is 2.53 bits per heavy atom. The van der Waals surface area contributed by atoms with Crippen LogP contribution >= 0.6 is 11.6 Å². The van der Waals surface area contributed by atoms with Crippen molar-refractivity contribution in [2.45, 2.75) is 26.9 Å². The summed E-state index contributed by atoms with van der Waals surface area (Å²) in [5.41, 5.74) is 0. The largest absolute Gasteiger partial charge is 0.488 e. The second kappa shape index (κ2) is 6.50. The predicted octanol–water partition coefficient (Wildman–Crippen LogP) is 3.31. The number of para-hydroxylation sites is 1. The second-order valence-electron chi connectivity index (χ2n) is 4.14. The first-order valence-corrected chi connectivity index (χ1v) is 5.96. The van der Waals surface area contributed by atoms with E-state index in [0.29, 0.717) is 17.4 Å². The molecule has 0 bridgehead atoms. The maximum Gasteiger partial charge on any atom is 0.308 e. The molecule has 0 saturated heterocycles. The summed E-state index contributed by atoms with van der Waals surface area (Å²) in [5.74, 6) is 0.250. The summed E-state index contributed by atoms with van der Waals surface area (Å²) in [6, 6.07) is 7.20. The number of benzene rings is 1. The summed E-state index contributed by atoms with van der Waals surface area (Å²) in [5, 5.41) is 0.551. The van der Waals surface area contributed by atoms with Gasteiger partial charge in [-0.1, -0.05) is 37.6 Å². The van der Waals surface area contributed by atoms with Gasteiger partial charge in [0, 0.05) is 0 Å². The number of rotatable bonds is 5. The van der Waals surface area contributed by atoms with Gasteiger partial charge in [0.05, 0.1) is 10.9 Å². The number of ether oxygens (including phenoxy) is 2. The number of hydrogen-bond acceptors (Lipinski definition) is 3. The van der Waals surface area contributed by atoms with Gasteiger partial charge >= 0.3 is 5.97 Å². The van der Waals surface area contributed by atoms with Crippen molar-refractivity contribution in [2.24, 2.45) is 5.92 Å². The second-order valence-corrected chi connectivity index (χ2v) is 4.55. The number of halogens is 1. The molecular weight excluding hydrogens is 240 g/mol. The van der Waals surface area contributed by atoms with Crippen LogP contribution in [0, 0.1) is 5.92 Å². The Hall–Kier alpha value is -1.22. The van der Waals surface area contributed by atoms with Gasteiger partial charge in [-0.25, -0.2) is 0 Å². The first-order chi connectivity index (χ1) is 8.00. The highest BCUT2D eigenvalue weighted by Crippen LogP contribution is 2.23. The Kier molecular flexibility index (Phi) is 5.29. The standard InChI is InChI=1S/C13H17ClO3/c1-9(2)13(15)17-10(3)8-16-12-7-5-4-6-11(12)14/h4-7,9-10H,8H2,1-3H3. The number of carbonyl (C=O) groups is 1. The fraction of sp³-hybridized carbons (Fsp3) is 0.462. The van der Waals surface area contributed by atoms with Crippen LogP contribution in [0.4, 0.5) is 0 Å². The lowest BCUT2D eigenvalue weighted by atomic mass is 10.2. The maximum absolute atomic E-state index is 11.3. The van der Waals surface area contributed by atoms with Crippen molar-refractivity contribution >= 4 is 17.6 Å². The van der Waals surface area contributed by atoms with E-state index in [9.17, 15) is 4.79 Å². The molecule has 0 aromatic heterocycles. The molecule has 1 atom stereocenters. The molecule has 0 aliphatic heterocycles. The molecule has 1 aromatic rings. The molecule has 17 heavy (non-hydrogen) atoms. The lowest BCUT2D eigenvalue weighted by Crippen LogP contribution is -2.24. The van der Waals surface area contributed by atoms with Crippen molar-refractivity contribution in [3.05, 3.63) is 29.3 Å². The summed E-state index contributed by atoms with van der Waals surface area (Å²) >= 11 is 5.93. The van der Waals surface area contributed by atoms with E-state index >= 15 is 0 Å². The molecule has 0 radical (unpaired) electrons. The van der Waals surface area contributed by atoms with Crippen molar-refractivity contribution in [1.29, 1.82) is 0 Å². The van der Waals surface area contributed by atoms with Crippen molar-refractivity contribution in [2.75, 3.05) is 6.61 Å². The van der Waals surface area contributed by atoms with Crippen molar-refractivity contribution in [1.82, 2.24) is 0 Å². The molecular formula is C13H17ClO3. The Morgan fingerprint density at radius 2 is 1.94 bits per heavy atom. The van der Waals surface area contributed by atoms with Gasteiger partial charge in [-0.05, 0) is 19.1 Å². The highest BCUT2D eigenvalue weighted by molar-refractivity contribution is 6.32. The molecule has 0 spiro atoms. The normalized spacial score (nSPS) is 12.3. The third-order valence-electron chi connectivity index (χ3n) is 2.10.